The molecule has 3 rings (SSSR count). The van der Waals surface area contributed by atoms with Gasteiger partial charge in [0.05, 0.1) is 17.1 Å². The van der Waals surface area contributed by atoms with Gasteiger partial charge in [0.2, 0.25) is 0 Å². The van der Waals surface area contributed by atoms with Gasteiger partial charge in [0.25, 0.3) is 0 Å². The topological polar surface area (TPSA) is 37.8 Å². The molecule has 0 bridgehead atoms. The quantitative estimate of drug-likeness (QED) is 0.656. The van der Waals surface area contributed by atoms with Gasteiger partial charge in [-0.1, -0.05) is 33.8 Å². The van der Waals surface area contributed by atoms with Crippen molar-refractivity contribution in [3.05, 3.63) is 39.7 Å². The standard InChI is InChI=1S/C24H35N3/c1-7-18(8-2)25-24-21(10-4)26-23(20(9-3)27-24)22-15(5)14-17-12-11-13-19(17)16(22)6/h14,18H,7-13H2,1-6H3,(H,25,27). The molecule has 0 spiro atoms. The molecular formula is C24H35N3. The highest BCUT2D eigenvalue weighted by Crippen LogP contribution is 2.37. The number of hydrogen-bond donors (Lipinski definition) is 1. The van der Waals surface area contributed by atoms with Gasteiger partial charge >= 0.3 is 0 Å². The molecule has 2 aromatic rings. The third-order valence-corrected chi connectivity index (χ3v) is 6.15. The van der Waals surface area contributed by atoms with E-state index < -0.39 is 0 Å². The van der Waals surface area contributed by atoms with E-state index in [9.17, 15) is 0 Å². The van der Waals surface area contributed by atoms with E-state index in [1.165, 1.54) is 36.0 Å². The van der Waals surface area contributed by atoms with E-state index >= 15 is 0 Å². The molecule has 0 unspecified atom stereocenters. The van der Waals surface area contributed by atoms with Crippen molar-refractivity contribution in [2.75, 3.05) is 5.32 Å². The number of benzene rings is 1. The zero-order chi connectivity index (χ0) is 19.6. The summed E-state index contributed by atoms with van der Waals surface area (Å²) in [4.78, 5) is 10.3. The number of aromatic nitrogens is 2. The summed E-state index contributed by atoms with van der Waals surface area (Å²) in [6, 6.07) is 2.86. The lowest BCUT2D eigenvalue weighted by Crippen LogP contribution is -2.20. The molecule has 0 amide bonds. The van der Waals surface area contributed by atoms with Crippen LogP contribution in [0.5, 0.6) is 0 Å². The third kappa shape index (κ3) is 3.74. The van der Waals surface area contributed by atoms with Crippen LogP contribution in [0, 0.1) is 13.8 Å². The summed E-state index contributed by atoms with van der Waals surface area (Å²) < 4.78 is 0. The molecule has 0 saturated carbocycles. The van der Waals surface area contributed by atoms with Gasteiger partial charge in [-0.25, -0.2) is 9.97 Å². The van der Waals surface area contributed by atoms with Crippen LogP contribution in [0.3, 0.4) is 0 Å². The summed E-state index contributed by atoms with van der Waals surface area (Å²) in [5.74, 6) is 0.989. The molecule has 0 saturated heterocycles. The number of fused-ring (bicyclic) bond motifs is 1. The molecule has 1 heterocycles. The van der Waals surface area contributed by atoms with E-state index in [1.54, 1.807) is 11.1 Å². The lowest BCUT2D eigenvalue weighted by Gasteiger charge is -2.21. The first-order valence-corrected chi connectivity index (χ1v) is 10.8. The lowest BCUT2D eigenvalue weighted by molar-refractivity contribution is 0.665. The van der Waals surface area contributed by atoms with Crippen LogP contribution < -0.4 is 5.32 Å². The predicted molar refractivity (Wildman–Crippen MR) is 116 cm³/mol. The number of nitrogens with one attached hydrogen (secondary N) is 1. The van der Waals surface area contributed by atoms with Crippen molar-refractivity contribution in [2.24, 2.45) is 0 Å². The second-order valence-electron chi connectivity index (χ2n) is 7.86. The molecule has 27 heavy (non-hydrogen) atoms. The molecule has 0 fully saturated rings. The minimum Gasteiger partial charge on any atom is -0.366 e. The van der Waals surface area contributed by atoms with Crippen molar-refractivity contribution >= 4 is 5.82 Å². The van der Waals surface area contributed by atoms with Gasteiger partial charge in [0.1, 0.15) is 5.82 Å². The fourth-order valence-electron chi connectivity index (χ4n) is 4.50. The molecule has 1 aromatic carbocycles. The molecule has 0 aliphatic heterocycles. The van der Waals surface area contributed by atoms with Crippen LogP contribution in [-0.2, 0) is 25.7 Å². The first-order chi connectivity index (χ1) is 13.0. The molecule has 0 atom stereocenters. The molecule has 1 aliphatic carbocycles. The summed E-state index contributed by atoms with van der Waals surface area (Å²) in [5, 5.41) is 3.65. The third-order valence-electron chi connectivity index (χ3n) is 6.15. The maximum Gasteiger partial charge on any atom is 0.148 e. The van der Waals surface area contributed by atoms with E-state index in [0.717, 1.165) is 48.6 Å². The van der Waals surface area contributed by atoms with Crippen LogP contribution in [0.25, 0.3) is 11.3 Å². The van der Waals surface area contributed by atoms with Crippen LogP contribution in [-0.4, -0.2) is 16.0 Å². The van der Waals surface area contributed by atoms with E-state index in [1.807, 2.05) is 0 Å². The molecule has 3 heteroatoms. The van der Waals surface area contributed by atoms with E-state index in [-0.39, 0.29) is 0 Å². The Bertz CT molecular complexity index is 819. The Kier molecular flexibility index (Phi) is 6.18. The highest BCUT2D eigenvalue weighted by atomic mass is 15.0. The van der Waals surface area contributed by atoms with Gasteiger partial charge in [-0.05, 0) is 81.0 Å². The fraction of sp³-hybridized carbons (Fsp3) is 0.583. The van der Waals surface area contributed by atoms with Gasteiger partial charge in [-0.3, -0.25) is 0 Å². The number of nitrogens with zero attached hydrogens (tertiary/aromatic N) is 2. The minimum atomic E-state index is 0.462. The monoisotopic (exact) mass is 365 g/mol. The molecule has 1 aliphatic rings. The summed E-state index contributed by atoms with van der Waals surface area (Å²) >= 11 is 0. The predicted octanol–water partition coefficient (Wildman–Crippen LogP) is 5.97. The number of hydrogen-bond acceptors (Lipinski definition) is 3. The number of aryl methyl sites for hydroxylation is 4. The van der Waals surface area contributed by atoms with Crippen LogP contribution in [0.4, 0.5) is 5.82 Å². The minimum absolute atomic E-state index is 0.462. The molecule has 1 N–H and O–H groups in total. The first kappa shape index (κ1) is 19.9. The maximum atomic E-state index is 5.18. The van der Waals surface area contributed by atoms with Crippen molar-refractivity contribution in [3.63, 3.8) is 0 Å². The van der Waals surface area contributed by atoms with Gasteiger partial charge in [-0.15, -0.1) is 0 Å². The van der Waals surface area contributed by atoms with Crippen molar-refractivity contribution in [2.45, 2.75) is 92.5 Å². The highest BCUT2D eigenvalue weighted by molar-refractivity contribution is 5.73. The summed E-state index contributed by atoms with van der Waals surface area (Å²) in [7, 11) is 0. The van der Waals surface area contributed by atoms with Crippen LogP contribution in [0.15, 0.2) is 6.07 Å². The van der Waals surface area contributed by atoms with Crippen LogP contribution >= 0.6 is 0 Å². The molecular weight excluding hydrogens is 330 g/mol. The molecule has 0 radical (unpaired) electrons. The summed E-state index contributed by atoms with van der Waals surface area (Å²) in [6.45, 7) is 13.4. The number of rotatable bonds is 7. The number of anilines is 1. The normalized spacial score (nSPS) is 13.3. The van der Waals surface area contributed by atoms with Gasteiger partial charge in [0, 0.05) is 11.6 Å². The summed E-state index contributed by atoms with van der Waals surface area (Å²) in [5.41, 5.74) is 10.5. The van der Waals surface area contributed by atoms with Crippen molar-refractivity contribution in [1.29, 1.82) is 0 Å². The first-order valence-electron chi connectivity index (χ1n) is 10.8. The Hall–Kier alpha value is -1.90. The van der Waals surface area contributed by atoms with E-state index in [2.05, 4.69) is 52.9 Å². The Morgan fingerprint density at radius 3 is 2.30 bits per heavy atom. The average Bonchev–Trinajstić information content (AvgIpc) is 3.14. The van der Waals surface area contributed by atoms with E-state index in [0.29, 0.717) is 6.04 Å². The van der Waals surface area contributed by atoms with Gasteiger partial charge < -0.3 is 5.32 Å². The lowest BCUT2D eigenvalue weighted by atomic mass is 9.91. The smallest absolute Gasteiger partial charge is 0.148 e. The van der Waals surface area contributed by atoms with Crippen LogP contribution in [0.1, 0.15) is 80.6 Å². The average molecular weight is 366 g/mol. The highest BCUT2D eigenvalue weighted by Gasteiger charge is 2.22. The maximum absolute atomic E-state index is 5.18. The Labute approximate surface area is 165 Å². The Balaban J connectivity index is 2.14. The zero-order valence-corrected chi connectivity index (χ0v) is 18.0. The molecule has 3 nitrogen and oxygen atoms in total. The van der Waals surface area contributed by atoms with Gasteiger partial charge in [-0.2, -0.15) is 0 Å². The fourth-order valence-corrected chi connectivity index (χ4v) is 4.50. The summed E-state index contributed by atoms with van der Waals surface area (Å²) in [6.07, 6.45) is 7.72. The second kappa shape index (κ2) is 8.41. The largest absolute Gasteiger partial charge is 0.366 e. The van der Waals surface area contributed by atoms with E-state index in [4.69, 9.17) is 9.97 Å². The van der Waals surface area contributed by atoms with Gasteiger partial charge in [0.15, 0.2) is 0 Å². The SMILES string of the molecule is CCc1nc(-c2c(C)cc3c(c2C)CCC3)c(CC)nc1NC(CC)CC. The van der Waals surface area contributed by atoms with Crippen LogP contribution in [0.2, 0.25) is 0 Å². The molecule has 1 aromatic heterocycles. The Morgan fingerprint density at radius 2 is 1.67 bits per heavy atom. The second-order valence-corrected chi connectivity index (χ2v) is 7.86. The van der Waals surface area contributed by atoms with Crippen molar-refractivity contribution in [1.82, 2.24) is 9.97 Å². The Morgan fingerprint density at radius 1 is 0.963 bits per heavy atom. The molecule has 146 valence electrons. The van der Waals surface area contributed by atoms with Crippen molar-refractivity contribution in [3.8, 4) is 11.3 Å². The van der Waals surface area contributed by atoms with Crippen molar-refractivity contribution < 1.29 is 0 Å². The zero-order valence-electron chi connectivity index (χ0n) is 18.0.